The first kappa shape index (κ1) is 16.6. The third-order valence-corrected chi connectivity index (χ3v) is 3.87. The molecule has 0 spiro atoms. The normalized spacial score (nSPS) is 10.3. The molecule has 0 unspecified atom stereocenters. The van der Waals surface area contributed by atoms with E-state index >= 15 is 0 Å². The highest BCUT2D eigenvalue weighted by Crippen LogP contribution is 2.23. The second-order valence-electron chi connectivity index (χ2n) is 5.48. The van der Waals surface area contributed by atoms with E-state index in [-0.39, 0.29) is 6.03 Å². The van der Waals surface area contributed by atoms with Crippen molar-refractivity contribution in [2.45, 2.75) is 13.5 Å². The highest BCUT2D eigenvalue weighted by Gasteiger charge is 2.09. The van der Waals surface area contributed by atoms with E-state index in [1.807, 2.05) is 54.1 Å². The fourth-order valence-corrected chi connectivity index (χ4v) is 2.62. The van der Waals surface area contributed by atoms with Gasteiger partial charge in [0.25, 0.3) is 0 Å². The molecule has 0 radical (unpaired) electrons. The summed E-state index contributed by atoms with van der Waals surface area (Å²) in [5, 5.41) is 5.68. The molecule has 3 aromatic rings. The summed E-state index contributed by atoms with van der Waals surface area (Å²) >= 11 is 0. The molecule has 2 N–H and O–H groups in total. The summed E-state index contributed by atoms with van der Waals surface area (Å²) in [5.74, 6) is 1.51. The molecule has 6 nitrogen and oxygen atoms in total. The monoisotopic (exact) mass is 336 g/mol. The molecule has 0 bridgehead atoms. The maximum absolute atomic E-state index is 12.2. The zero-order valence-corrected chi connectivity index (χ0v) is 14.2. The molecule has 3 rings (SSSR count). The molecule has 0 atom stereocenters. The fraction of sp³-hybridized carbons (Fsp3) is 0.158. The number of rotatable bonds is 5. The number of urea groups is 1. The van der Waals surface area contributed by atoms with Gasteiger partial charge < -0.3 is 19.9 Å². The Bertz CT molecular complexity index is 873. The number of benzene rings is 2. The Kier molecular flexibility index (Phi) is 4.99. The standard InChI is InChI=1S/C19H20N4O2/c1-14-20-11-12-23(14)17-9-5-3-7-15(17)13-21-19(24)22-16-8-4-6-10-18(16)25-2/h3-12H,13H2,1-2H3,(H2,21,22,24). The van der Waals surface area contributed by atoms with Crippen LogP contribution in [-0.4, -0.2) is 22.7 Å². The van der Waals surface area contributed by atoms with E-state index in [0.717, 1.165) is 17.1 Å². The minimum Gasteiger partial charge on any atom is -0.495 e. The molecule has 0 saturated heterocycles. The van der Waals surface area contributed by atoms with Crippen molar-refractivity contribution in [2.75, 3.05) is 12.4 Å². The fourth-order valence-electron chi connectivity index (χ4n) is 2.62. The molecular formula is C19H20N4O2. The molecule has 2 amide bonds. The van der Waals surface area contributed by atoms with E-state index in [4.69, 9.17) is 4.74 Å². The lowest BCUT2D eigenvalue weighted by molar-refractivity contribution is 0.251. The number of carbonyl (C=O) groups is 1. The number of nitrogens with zero attached hydrogens (tertiary/aromatic N) is 2. The molecule has 0 aliphatic heterocycles. The molecule has 2 aromatic carbocycles. The van der Waals surface area contributed by atoms with E-state index in [0.29, 0.717) is 18.0 Å². The highest BCUT2D eigenvalue weighted by molar-refractivity contribution is 5.90. The SMILES string of the molecule is COc1ccccc1NC(=O)NCc1ccccc1-n1ccnc1C. The Balaban J connectivity index is 1.70. The van der Waals surface area contributed by atoms with Crippen molar-refractivity contribution < 1.29 is 9.53 Å². The molecule has 0 saturated carbocycles. The average molecular weight is 336 g/mol. The summed E-state index contributed by atoms with van der Waals surface area (Å²) in [6.07, 6.45) is 3.66. The van der Waals surface area contributed by atoms with Crippen LogP contribution in [-0.2, 0) is 6.54 Å². The third-order valence-electron chi connectivity index (χ3n) is 3.87. The number of hydrogen-bond donors (Lipinski definition) is 2. The van der Waals surface area contributed by atoms with Crippen molar-refractivity contribution in [2.24, 2.45) is 0 Å². The smallest absolute Gasteiger partial charge is 0.319 e. The van der Waals surface area contributed by atoms with Crippen molar-refractivity contribution in [1.29, 1.82) is 0 Å². The van der Waals surface area contributed by atoms with Crippen LogP contribution in [0.4, 0.5) is 10.5 Å². The van der Waals surface area contributed by atoms with Gasteiger partial charge in [-0.05, 0) is 30.7 Å². The van der Waals surface area contributed by atoms with Gasteiger partial charge in [0.15, 0.2) is 0 Å². The number of amides is 2. The molecule has 6 heteroatoms. The van der Waals surface area contributed by atoms with Crippen LogP contribution < -0.4 is 15.4 Å². The molecule has 1 aromatic heterocycles. The maximum Gasteiger partial charge on any atom is 0.319 e. The zero-order chi connectivity index (χ0) is 17.6. The van der Waals surface area contributed by atoms with Crippen LogP contribution in [0.1, 0.15) is 11.4 Å². The van der Waals surface area contributed by atoms with Gasteiger partial charge in [-0.25, -0.2) is 9.78 Å². The van der Waals surface area contributed by atoms with Gasteiger partial charge in [-0.1, -0.05) is 30.3 Å². The third kappa shape index (κ3) is 3.80. The van der Waals surface area contributed by atoms with Crippen molar-refractivity contribution in [3.63, 3.8) is 0 Å². The van der Waals surface area contributed by atoms with Gasteiger partial charge in [-0.2, -0.15) is 0 Å². The quantitative estimate of drug-likeness (QED) is 0.749. The predicted octanol–water partition coefficient (Wildman–Crippen LogP) is 3.51. The van der Waals surface area contributed by atoms with Gasteiger partial charge in [0.2, 0.25) is 0 Å². The minimum absolute atomic E-state index is 0.290. The second kappa shape index (κ2) is 7.53. The van der Waals surface area contributed by atoms with Crippen LogP contribution in [0.3, 0.4) is 0 Å². The summed E-state index contributed by atoms with van der Waals surface area (Å²) in [7, 11) is 1.57. The maximum atomic E-state index is 12.2. The van der Waals surface area contributed by atoms with Gasteiger partial charge in [0, 0.05) is 18.9 Å². The molecular weight excluding hydrogens is 316 g/mol. The molecule has 0 aliphatic carbocycles. The Morgan fingerprint density at radius 1 is 1.16 bits per heavy atom. The number of hydrogen-bond acceptors (Lipinski definition) is 3. The number of aryl methyl sites for hydroxylation is 1. The largest absolute Gasteiger partial charge is 0.495 e. The lowest BCUT2D eigenvalue weighted by Gasteiger charge is -2.14. The molecule has 0 aliphatic rings. The van der Waals surface area contributed by atoms with Gasteiger partial charge in [0.1, 0.15) is 11.6 Å². The number of para-hydroxylation sites is 3. The Hall–Kier alpha value is -3.28. The summed E-state index contributed by atoms with van der Waals surface area (Å²) < 4.78 is 7.23. The molecule has 25 heavy (non-hydrogen) atoms. The van der Waals surface area contributed by atoms with Gasteiger partial charge in [-0.15, -0.1) is 0 Å². The first-order valence-electron chi connectivity index (χ1n) is 7.95. The minimum atomic E-state index is -0.290. The van der Waals surface area contributed by atoms with Crippen LogP contribution in [0.25, 0.3) is 5.69 Å². The van der Waals surface area contributed by atoms with E-state index in [9.17, 15) is 4.79 Å². The lowest BCUT2D eigenvalue weighted by Crippen LogP contribution is -2.28. The Labute approximate surface area is 146 Å². The van der Waals surface area contributed by atoms with Crippen molar-refractivity contribution in [3.05, 3.63) is 72.3 Å². The van der Waals surface area contributed by atoms with E-state index in [1.165, 1.54) is 0 Å². The zero-order valence-electron chi connectivity index (χ0n) is 14.2. The second-order valence-corrected chi connectivity index (χ2v) is 5.48. The summed E-state index contributed by atoms with van der Waals surface area (Å²) in [6.45, 7) is 2.34. The van der Waals surface area contributed by atoms with Gasteiger partial charge in [-0.3, -0.25) is 0 Å². The molecule has 1 heterocycles. The number of imidazole rings is 1. The first-order valence-corrected chi connectivity index (χ1v) is 7.95. The average Bonchev–Trinajstić information content (AvgIpc) is 3.06. The van der Waals surface area contributed by atoms with Crippen LogP contribution in [0.15, 0.2) is 60.9 Å². The number of methoxy groups -OCH3 is 1. The van der Waals surface area contributed by atoms with Crippen molar-refractivity contribution in [1.82, 2.24) is 14.9 Å². The summed E-state index contributed by atoms with van der Waals surface area (Å²) in [4.78, 5) is 16.5. The van der Waals surface area contributed by atoms with Crippen LogP contribution in [0.5, 0.6) is 5.75 Å². The van der Waals surface area contributed by atoms with E-state index in [2.05, 4.69) is 15.6 Å². The highest BCUT2D eigenvalue weighted by atomic mass is 16.5. The molecule has 128 valence electrons. The van der Waals surface area contributed by atoms with Crippen LogP contribution in [0.2, 0.25) is 0 Å². The van der Waals surface area contributed by atoms with Gasteiger partial charge in [0.05, 0.1) is 18.5 Å². The number of aromatic nitrogens is 2. The topological polar surface area (TPSA) is 68.2 Å². The van der Waals surface area contributed by atoms with Crippen LogP contribution >= 0.6 is 0 Å². The predicted molar refractivity (Wildman–Crippen MR) is 97.2 cm³/mol. The Morgan fingerprint density at radius 3 is 2.68 bits per heavy atom. The number of ether oxygens (including phenoxy) is 1. The number of anilines is 1. The number of nitrogens with one attached hydrogen (secondary N) is 2. The van der Waals surface area contributed by atoms with Gasteiger partial charge >= 0.3 is 6.03 Å². The molecule has 0 fully saturated rings. The van der Waals surface area contributed by atoms with E-state index < -0.39 is 0 Å². The van der Waals surface area contributed by atoms with Crippen molar-refractivity contribution >= 4 is 11.7 Å². The summed E-state index contributed by atoms with van der Waals surface area (Å²) in [6, 6.07) is 14.9. The summed E-state index contributed by atoms with van der Waals surface area (Å²) in [5.41, 5.74) is 2.62. The van der Waals surface area contributed by atoms with E-state index in [1.54, 1.807) is 25.4 Å². The number of carbonyl (C=O) groups excluding carboxylic acids is 1. The van der Waals surface area contributed by atoms with Crippen LogP contribution in [0, 0.1) is 6.92 Å². The Morgan fingerprint density at radius 2 is 1.92 bits per heavy atom. The lowest BCUT2D eigenvalue weighted by atomic mass is 10.1. The first-order chi connectivity index (χ1) is 12.2. The van der Waals surface area contributed by atoms with Crippen molar-refractivity contribution in [3.8, 4) is 11.4 Å².